The summed E-state index contributed by atoms with van der Waals surface area (Å²) in [6, 6.07) is 0.920. The first-order valence-corrected chi connectivity index (χ1v) is 8.84. The molecule has 3 fully saturated rings. The van der Waals surface area contributed by atoms with E-state index >= 15 is 0 Å². The molecule has 3 rings (SSSR count). The number of hydrogen-bond donors (Lipinski definition) is 2. The Morgan fingerprint density at radius 2 is 1.95 bits per heavy atom. The molecule has 1 amide bonds. The van der Waals surface area contributed by atoms with Crippen LogP contribution >= 0.6 is 12.4 Å². The summed E-state index contributed by atoms with van der Waals surface area (Å²) in [7, 11) is 2.10. The molecule has 5 heteroatoms. The number of rotatable bonds is 5. The summed E-state index contributed by atoms with van der Waals surface area (Å²) in [5.74, 6) is 2.78. The van der Waals surface area contributed by atoms with Crippen LogP contribution in [0.2, 0.25) is 0 Å². The second-order valence-corrected chi connectivity index (χ2v) is 7.59. The van der Waals surface area contributed by atoms with Gasteiger partial charge in [-0.2, -0.15) is 0 Å². The molecule has 1 aliphatic heterocycles. The van der Waals surface area contributed by atoms with Crippen LogP contribution < -0.4 is 10.6 Å². The maximum absolute atomic E-state index is 12.3. The number of hydrogen-bond acceptors (Lipinski definition) is 3. The van der Waals surface area contributed by atoms with Crippen LogP contribution in [-0.2, 0) is 4.79 Å². The Balaban J connectivity index is 0.00000176. The van der Waals surface area contributed by atoms with Crippen molar-refractivity contribution in [1.82, 2.24) is 15.5 Å². The number of fused-ring (bicyclic) bond motifs is 2. The van der Waals surface area contributed by atoms with Crippen LogP contribution in [0.4, 0.5) is 0 Å². The number of likely N-dealkylation sites (N-methyl/N-ethyl adjacent to an activating group) is 1. The predicted molar refractivity (Wildman–Crippen MR) is 92.3 cm³/mol. The Kier molecular flexibility index (Phi) is 6.54. The normalized spacial score (nSPS) is 32.8. The van der Waals surface area contributed by atoms with Crippen LogP contribution in [0.1, 0.15) is 45.4 Å². The molecule has 0 radical (unpaired) electrons. The zero-order valence-electron chi connectivity index (χ0n) is 14.0. The molecule has 0 aromatic heterocycles. The van der Waals surface area contributed by atoms with Gasteiger partial charge in [0.1, 0.15) is 0 Å². The van der Waals surface area contributed by atoms with Gasteiger partial charge in [-0.3, -0.25) is 9.69 Å². The number of amides is 1. The van der Waals surface area contributed by atoms with Crippen LogP contribution in [-0.4, -0.2) is 49.6 Å². The highest BCUT2D eigenvalue weighted by Gasteiger charge is 2.42. The molecule has 3 aliphatic rings. The summed E-state index contributed by atoms with van der Waals surface area (Å²) in [4.78, 5) is 14.5. The van der Waals surface area contributed by atoms with Gasteiger partial charge in [0.15, 0.2) is 0 Å². The fourth-order valence-electron chi connectivity index (χ4n) is 4.92. The largest absolute Gasteiger partial charge is 0.352 e. The van der Waals surface area contributed by atoms with Gasteiger partial charge in [-0.1, -0.05) is 6.42 Å². The predicted octanol–water partition coefficient (Wildman–Crippen LogP) is 2.03. The molecule has 0 spiro atoms. The second kappa shape index (κ2) is 7.98. The lowest BCUT2D eigenvalue weighted by Gasteiger charge is -2.32. The average Bonchev–Trinajstić information content (AvgIpc) is 3.10. The molecule has 4 nitrogen and oxygen atoms in total. The summed E-state index contributed by atoms with van der Waals surface area (Å²) >= 11 is 0. The highest BCUT2D eigenvalue weighted by molar-refractivity contribution is 5.85. The molecule has 0 aromatic carbocycles. The van der Waals surface area contributed by atoms with Crippen LogP contribution in [0.15, 0.2) is 0 Å². The van der Waals surface area contributed by atoms with Gasteiger partial charge in [0.2, 0.25) is 5.91 Å². The molecule has 2 N–H and O–H groups in total. The highest BCUT2D eigenvalue weighted by Crippen LogP contribution is 2.49. The summed E-state index contributed by atoms with van der Waals surface area (Å²) < 4.78 is 0. The molecule has 128 valence electrons. The number of carbonyl (C=O) groups is 1. The SMILES string of the molecule is CC(NC(=O)CN(C)C1CCNCC1)C1CC2CCC1C2.Cl. The minimum atomic E-state index is 0. The Bertz CT molecular complexity index is 373. The number of nitrogens with one attached hydrogen (secondary N) is 2. The number of nitrogens with zero attached hydrogens (tertiary/aromatic N) is 1. The molecule has 4 atom stereocenters. The first-order chi connectivity index (χ1) is 10.1. The molecule has 4 unspecified atom stereocenters. The van der Waals surface area contributed by atoms with Crippen LogP contribution in [0.5, 0.6) is 0 Å². The third kappa shape index (κ3) is 4.15. The van der Waals surface area contributed by atoms with Crippen molar-refractivity contribution in [2.45, 2.75) is 57.5 Å². The van der Waals surface area contributed by atoms with Gasteiger partial charge >= 0.3 is 0 Å². The van der Waals surface area contributed by atoms with Crippen LogP contribution in [0.3, 0.4) is 0 Å². The Hall–Kier alpha value is -0.320. The zero-order chi connectivity index (χ0) is 14.8. The summed E-state index contributed by atoms with van der Waals surface area (Å²) in [5, 5.41) is 6.66. The molecule has 0 aromatic rings. The number of carbonyl (C=O) groups excluding carboxylic acids is 1. The van der Waals surface area contributed by atoms with Gasteiger partial charge in [-0.05, 0) is 76.9 Å². The highest BCUT2D eigenvalue weighted by atomic mass is 35.5. The topological polar surface area (TPSA) is 44.4 Å². The summed E-state index contributed by atoms with van der Waals surface area (Å²) in [5.41, 5.74) is 0. The van der Waals surface area contributed by atoms with E-state index in [0.29, 0.717) is 18.6 Å². The van der Waals surface area contributed by atoms with E-state index in [9.17, 15) is 4.79 Å². The van der Waals surface area contributed by atoms with Crippen molar-refractivity contribution in [1.29, 1.82) is 0 Å². The third-order valence-electron chi connectivity index (χ3n) is 6.15. The quantitative estimate of drug-likeness (QED) is 0.811. The smallest absolute Gasteiger partial charge is 0.234 e. The van der Waals surface area contributed by atoms with E-state index in [1.165, 1.54) is 25.7 Å². The molecule has 2 aliphatic carbocycles. The molecule has 2 bridgehead atoms. The van der Waals surface area contributed by atoms with Crippen LogP contribution in [0, 0.1) is 17.8 Å². The molecule has 22 heavy (non-hydrogen) atoms. The fourth-order valence-corrected chi connectivity index (χ4v) is 4.92. The summed E-state index contributed by atoms with van der Waals surface area (Å²) in [6.45, 7) is 4.93. The lowest BCUT2D eigenvalue weighted by molar-refractivity contribution is -0.123. The average molecular weight is 330 g/mol. The van der Waals surface area contributed by atoms with Gasteiger partial charge in [-0.25, -0.2) is 0 Å². The second-order valence-electron chi connectivity index (χ2n) is 7.59. The van der Waals surface area contributed by atoms with E-state index in [0.717, 1.165) is 43.7 Å². The van der Waals surface area contributed by atoms with E-state index in [-0.39, 0.29) is 18.3 Å². The lowest BCUT2D eigenvalue weighted by Crippen LogP contribution is -2.48. The molecule has 2 saturated carbocycles. The minimum Gasteiger partial charge on any atom is -0.352 e. The van der Waals surface area contributed by atoms with E-state index in [4.69, 9.17) is 0 Å². The van der Waals surface area contributed by atoms with Gasteiger partial charge in [0.25, 0.3) is 0 Å². The van der Waals surface area contributed by atoms with Gasteiger partial charge < -0.3 is 10.6 Å². The van der Waals surface area contributed by atoms with Crippen molar-refractivity contribution in [3.63, 3.8) is 0 Å². The third-order valence-corrected chi connectivity index (χ3v) is 6.15. The first kappa shape index (κ1) is 18.0. The van der Waals surface area contributed by atoms with Crippen molar-refractivity contribution < 1.29 is 4.79 Å². The molecular weight excluding hydrogens is 298 g/mol. The molecule has 1 saturated heterocycles. The van der Waals surface area contributed by atoms with E-state index < -0.39 is 0 Å². The minimum absolute atomic E-state index is 0. The van der Waals surface area contributed by atoms with E-state index in [1.54, 1.807) is 0 Å². The van der Waals surface area contributed by atoms with Crippen molar-refractivity contribution in [2.24, 2.45) is 17.8 Å². The molecule has 1 heterocycles. The fraction of sp³-hybridized carbons (Fsp3) is 0.941. The Morgan fingerprint density at radius 1 is 1.23 bits per heavy atom. The number of halogens is 1. The van der Waals surface area contributed by atoms with Gasteiger partial charge in [-0.15, -0.1) is 12.4 Å². The van der Waals surface area contributed by atoms with Gasteiger partial charge in [0.05, 0.1) is 6.54 Å². The van der Waals surface area contributed by atoms with Gasteiger partial charge in [0, 0.05) is 12.1 Å². The van der Waals surface area contributed by atoms with E-state index in [2.05, 4.69) is 29.5 Å². The Morgan fingerprint density at radius 3 is 2.55 bits per heavy atom. The maximum atomic E-state index is 12.3. The lowest BCUT2D eigenvalue weighted by atomic mass is 9.84. The van der Waals surface area contributed by atoms with Crippen molar-refractivity contribution in [3.05, 3.63) is 0 Å². The zero-order valence-corrected chi connectivity index (χ0v) is 14.8. The van der Waals surface area contributed by atoms with Crippen LogP contribution in [0.25, 0.3) is 0 Å². The first-order valence-electron chi connectivity index (χ1n) is 8.84. The number of piperidine rings is 1. The Labute approximate surface area is 141 Å². The van der Waals surface area contributed by atoms with E-state index in [1.807, 2.05) is 0 Å². The van der Waals surface area contributed by atoms with Crippen molar-refractivity contribution in [3.8, 4) is 0 Å². The van der Waals surface area contributed by atoms with Crippen molar-refractivity contribution in [2.75, 3.05) is 26.7 Å². The monoisotopic (exact) mass is 329 g/mol. The molecular formula is C17H32ClN3O. The maximum Gasteiger partial charge on any atom is 0.234 e. The standard InChI is InChI=1S/C17H31N3O.ClH/c1-12(16-10-13-3-4-14(16)9-13)19-17(21)11-20(2)15-5-7-18-8-6-15;/h12-16,18H,3-11H2,1-2H3,(H,19,21);1H. The summed E-state index contributed by atoms with van der Waals surface area (Å²) in [6.07, 6.45) is 7.90. The van der Waals surface area contributed by atoms with Crippen molar-refractivity contribution >= 4 is 18.3 Å².